The molecule has 6 heterocycles. The highest BCUT2D eigenvalue weighted by Gasteiger charge is 2.22. The number of piperidine rings is 1. The predicted octanol–water partition coefficient (Wildman–Crippen LogP) is 4.83. The van der Waals surface area contributed by atoms with Crippen LogP contribution in [0, 0.1) is 5.82 Å². The maximum Gasteiger partial charge on any atom is 0.224 e. The van der Waals surface area contributed by atoms with Gasteiger partial charge >= 0.3 is 0 Å². The Morgan fingerprint density at radius 1 is 1.05 bits per heavy atom. The third kappa shape index (κ3) is 4.26. The zero-order valence-electron chi connectivity index (χ0n) is 20.4. The van der Waals surface area contributed by atoms with E-state index in [-0.39, 0.29) is 17.0 Å². The molecule has 1 aliphatic rings. The number of anilines is 2. The van der Waals surface area contributed by atoms with E-state index in [1.165, 1.54) is 25.0 Å². The summed E-state index contributed by atoms with van der Waals surface area (Å²) in [5, 5.41) is 10.3. The highest BCUT2D eigenvalue weighted by atomic mass is 19.1. The highest BCUT2D eigenvalue weighted by molar-refractivity contribution is 5.97. The van der Waals surface area contributed by atoms with Gasteiger partial charge in [0.25, 0.3) is 0 Å². The van der Waals surface area contributed by atoms with Crippen molar-refractivity contribution in [2.24, 2.45) is 0 Å². The average Bonchev–Trinajstić information content (AvgIpc) is 3.54. The topological polar surface area (TPSA) is 128 Å². The van der Waals surface area contributed by atoms with E-state index in [9.17, 15) is 4.79 Å². The number of halogens is 1. The number of nitrogens with zero attached hydrogens (tertiary/aromatic N) is 6. The van der Waals surface area contributed by atoms with E-state index in [1.807, 2.05) is 13.1 Å². The number of H-pyrrole nitrogens is 2. The smallest absolute Gasteiger partial charge is 0.224 e. The third-order valence-electron chi connectivity index (χ3n) is 6.61. The van der Waals surface area contributed by atoms with Gasteiger partial charge in [-0.15, -0.1) is 0 Å². The minimum Gasteiger partial charge on any atom is -0.368 e. The van der Waals surface area contributed by atoms with Gasteiger partial charge in [-0.3, -0.25) is 24.8 Å². The summed E-state index contributed by atoms with van der Waals surface area (Å²) < 4.78 is 16.0. The van der Waals surface area contributed by atoms with E-state index < -0.39 is 5.82 Å². The van der Waals surface area contributed by atoms with E-state index in [4.69, 9.17) is 4.98 Å². The van der Waals surface area contributed by atoms with Gasteiger partial charge in [0.2, 0.25) is 5.91 Å². The van der Waals surface area contributed by atoms with Crippen molar-refractivity contribution in [3.8, 4) is 22.8 Å². The highest BCUT2D eigenvalue weighted by Crippen LogP contribution is 2.34. The van der Waals surface area contributed by atoms with Gasteiger partial charge in [-0.1, -0.05) is 6.92 Å². The molecule has 1 saturated heterocycles. The molecule has 0 bridgehead atoms. The summed E-state index contributed by atoms with van der Waals surface area (Å²) in [7, 11) is 0. The van der Waals surface area contributed by atoms with Crippen LogP contribution in [0.1, 0.15) is 39.0 Å². The number of nitrogens with one attached hydrogen (secondary N) is 3. The van der Waals surface area contributed by atoms with Gasteiger partial charge in [0.15, 0.2) is 11.6 Å². The Balaban J connectivity index is 1.41. The molecule has 0 unspecified atom stereocenters. The molecule has 5 aromatic rings. The molecule has 11 heteroatoms. The summed E-state index contributed by atoms with van der Waals surface area (Å²) in [6.07, 6.45) is 12.8. The molecule has 1 fully saturated rings. The third-order valence-corrected chi connectivity index (χ3v) is 6.61. The second-order valence-corrected chi connectivity index (χ2v) is 9.23. The Morgan fingerprint density at radius 2 is 1.89 bits per heavy atom. The van der Waals surface area contributed by atoms with Crippen LogP contribution in [-0.4, -0.2) is 54.1 Å². The molecule has 5 aromatic heterocycles. The minimum atomic E-state index is -0.546. The van der Waals surface area contributed by atoms with Gasteiger partial charge < -0.3 is 15.2 Å². The van der Waals surface area contributed by atoms with E-state index in [0.717, 1.165) is 49.1 Å². The molecule has 10 nitrogen and oxygen atoms in total. The van der Waals surface area contributed by atoms with Crippen LogP contribution >= 0.6 is 0 Å². The monoisotopic (exact) mass is 499 g/mol. The summed E-state index contributed by atoms with van der Waals surface area (Å²) in [4.78, 5) is 35.3. The van der Waals surface area contributed by atoms with Gasteiger partial charge in [0, 0.05) is 31.3 Å². The van der Waals surface area contributed by atoms with Crippen LogP contribution in [0.25, 0.3) is 44.7 Å². The van der Waals surface area contributed by atoms with E-state index >= 15 is 4.39 Å². The molecule has 0 saturated carbocycles. The first-order valence-electron chi connectivity index (χ1n) is 12.5. The van der Waals surface area contributed by atoms with Crippen LogP contribution < -0.4 is 10.2 Å². The van der Waals surface area contributed by atoms with Crippen LogP contribution in [0.15, 0.2) is 37.1 Å². The van der Waals surface area contributed by atoms with Crippen LogP contribution in [0.3, 0.4) is 0 Å². The Morgan fingerprint density at radius 3 is 2.73 bits per heavy atom. The molecule has 6 rings (SSSR count). The molecule has 188 valence electrons. The van der Waals surface area contributed by atoms with Gasteiger partial charge in [0.05, 0.1) is 52.6 Å². The Kier molecular flexibility index (Phi) is 5.95. The van der Waals surface area contributed by atoms with Crippen molar-refractivity contribution >= 4 is 39.2 Å². The molecule has 1 aliphatic heterocycles. The fraction of sp³-hybridized carbons (Fsp3) is 0.308. The van der Waals surface area contributed by atoms with Crippen LogP contribution in [0.4, 0.5) is 15.8 Å². The molecule has 0 radical (unpaired) electrons. The standard InChI is InChI=1S/C26H26FN9O/c1-2-6-20(37)31-16-9-15(10-28-11-16)23-22(27)21-17(13-30-23)34-35-25(21)26-32-18-12-29-14-19(24(18)33-26)36-7-4-3-5-8-36/h9-14H,2-8H2,1H3,(H,31,37)(H,32,33)(H,34,35). The largest absolute Gasteiger partial charge is 0.368 e. The number of aromatic nitrogens is 7. The number of hydrogen-bond donors (Lipinski definition) is 3. The summed E-state index contributed by atoms with van der Waals surface area (Å²) in [5.41, 5.74) is 4.38. The Bertz CT molecular complexity index is 1600. The molecule has 0 aliphatic carbocycles. The fourth-order valence-electron chi connectivity index (χ4n) is 4.83. The van der Waals surface area contributed by atoms with Gasteiger partial charge in [0.1, 0.15) is 16.9 Å². The summed E-state index contributed by atoms with van der Waals surface area (Å²) in [6.45, 7) is 3.85. The lowest BCUT2D eigenvalue weighted by Gasteiger charge is -2.28. The van der Waals surface area contributed by atoms with Crippen LogP contribution in [0.5, 0.6) is 0 Å². The van der Waals surface area contributed by atoms with Gasteiger partial charge in [-0.25, -0.2) is 9.37 Å². The number of imidazole rings is 1. The van der Waals surface area contributed by atoms with Gasteiger partial charge in [-0.2, -0.15) is 5.10 Å². The van der Waals surface area contributed by atoms with Crippen molar-refractivity contribution in [2.75, 3.05) is 23.3 Å². The lowest BCUT2D eigenvalue weighted by Crippen LogP contribution is -2.29. The minimum absolute atomic E-state index is 0.112. The maximum absolute atomic E-state index is 16.0. The SMILES string of the molecule is CCCC(=O)Nc1cncc(-c2ncc3[nH]nc(-c4nc5c(N6CCCCC6)cncc5[nH]4)c3c2F)c1. The molecule has 3 N–H and O–H groups in total. The number of carbonyl (C=O) groups excluding carboxylic acids is 1. The molecule has 0 atom stereocenters. The number of hydrogen-bond acceptors (Lipinski definition) is 7. The van der Waals surface area contributed by atoms with E-state index in [1.54, 1.807) is 12.3 Å². The first-order chi connectivity index (χ1) is 18.1. The number of fused-ring (bicyclic) bond motifs is 2. The predicted molar refractivity (Wildman–Crippen MR) is 140 cm³/mol. The molecule has 1 amide bonds. The lowest BCUT2D eigenvalue weighted by atomic mass is 10.1. The molecule has 0 spiro atoms. The summed E-state index contributed by atoms with van der Waals surface area (Å²) in [5.74, 6) is -0.220. The Hall–Kier alpha value is -4.41. The molecular weight excluding hydrogens is 473 g/mol. The fourth-order valence-corrected chi connectivity index (χ4v) is 4.83. The van der Waals surface area contributed by atoms with Crippen molar-refractivity contribution in [3.63, 3.8) is 0 Å². The maximum atomic E-state index is 16.0. The number of pyridine rings is 3. The molecular formula is C26H26FN9O. The van der Waals surface area contributed by atoms with Crippen LogP contribution in [-0.2, 0) is 4.79 Å². The number of rotatable bonds is 6. The normalized spacial score (nSPS) is 13.9. The molecule has 37 heavy (non-hydrogen) atoms. The zero-order valence-corrected chi connectivity index (χ0v) is 20.4. The van der Waals surface area contributed by atoms with Crippen molar-refractivity contribution < 1.29 is 9.18 Å². The first-order valence-corrected chi connectivity index (χ1v) is 12.5. The van der Waals surface area contributed by atoms with E-state index in [2.05, 4.69) is 40.3 Å². The second kappa shape index (κ2) is 9.57. The lowest BCUT2D eigenvalue weighted by molar-refractivity contribution is -0.116. The van der Waals surface area contributed by atoms with Crippen molar-refractivity contribution in [1.29, 1.82) is 0 Å². The number of carbonyl (C=O) groups is 1. The zero-order chi connectivity index (χ0) is 25.4. The quantitative estimate of drug-likeness (QED) is 0.305. The van der Waals surface area contributed by atoms with Crippen molar-refractivity contribution in [3.05, 3.63) is 42.9 Å². The summed E-state index contributed by atoms with van der Waals surface area (Å²) >= 11 is 0. The second-order valence-electron chi connectivity index (χ2n) is 9.23. The van der Waals surface area contributed by atoms with Crippen LogP contribution in [0.2, 0.25) is 0 Å². The Labute approximate surface area is 211 Å². The number of amides is 1. The summed E-state index contributed by atoms with van der Waals surface area (Å²) in [6, 6.07) is 1.66. The van der Waals surface area contributed by atoms with Crippen molar-refractivity contribution in [1.82, 2.24) is 35.1 Å². The van der Waals surface area contributed by atoms with Crippen molar-refractivity contribution in [2.45, 2.75) is 39.0 Å². The first kappa shape index (κ1) is 23.0. The van der Waals surface area contributed by atoms with Gasteiger partial charge in [-0.05, 0) is 31.7 Å². The molecule has 0 aromatic carbocycles. The van der Waals surface area contributed by atoms with E-state index in [0.29, 0.717) is 34.7 Å². The number of aromatic amines is 2. The average molecular weight is 500 g/mol.